The highest BCUT2D eigenvalue weighted by Crippen LogP contribution is 2.18. The molecule has 208 valence electrons. The van der Waals surface area contributed by atoms with Crippen LogP contribution in [0.5, 0.6) is 0 Å². The van der Waals surface area contributed by atoms with Gasteiger partial charge in [0.2, 0.25) is 5.91 Å². The number of rotatable bonds is 17. The molecule has 2 amide bonds. The lowest BCUT2D eigenvalue weighted by atomic mass is 10.1. The molecule has 0 spiro atoms. The summed E-state index contributed by atoms with van der Waals surface area (Å²) in [5.41, 5.74) is 11.1. The third kappa shape index (κ3) is 11.7. The molecule has 7 heteroatoms. The fourth-order valence-electron chi connectivity index (χ4n) is 4.14. The Hall–Kier alpha value is -3.68. The van der Waals surface area contributed by atoms with Crippen molar-refractivity contribution in [1.82, 2.24) is 16.0 Å². The maximum Gasteiger partial charge on any atom is 0.255 e. The number of unbranched alkanes of at least 4 members (excludes halogenated alkanes) is 3. The van der Waals surface area contributed by atoms with Crippen LogP contribution in [0.4, 0.5) is 11.4 Å². The summed E-state index contributed by atoms with van der Waals surface area (Å²) in [4.78, 5) is 24.6. The van der Waals surface area contributed by atoms with E-state index >= 15 is 0 Å². The standard InChI is InChI=1S/C32H43N5O2/c1-25-12-14-26(15-13-25)23-35-22-8-7-21-34-20-6-2-3-11-31(38)36-24-27-16-18-28(19-17-27)32(39)37-30-10-5-4-9-29(30)33/h4-5,9-10,12-19,34-35H,2-3,6-8,11,20-24,33H2,1H3,(H,36,38)(H,37,39). The van der Waals surface area contributed by atoms with Crippen LogP contribution in [0.25, 0.3) is 0 Å². The maximum absolute atomic E-state index is 12.4. The highest BCUT2D eigenvalue weighted by molar-refractivity contribution is 6.05. The number of nitrogens with one attached hydrogen (secondary N) is 4. The molecule has 0 heterocycles. The third-order valence-corrected chi connectivity index (χ3v) is 6.58. The topological polar surface area (TPSA) is 108 Å². The van der Waals surface area contributed by atoms with Gasteiger partial charge in [0.15, 0.2) is 0 Å². The minimum Gasteiger partial charge on any atom is -0.397 e. The minimum absolute atomic E-state index is 0.0578. The van der Waals surface area contributed by atoms with Gasteiger partial charge in [0, 0.05) is 25.1 Å². The zero-order valence-electron chi connectivity index (χ0n) is 23.1. The number of carbonyl (C=O) groups excluding carboxylic acids is 2. The molecule has 0 aliphatic carbocycles. The number of hydrogen-bond donors (Lipinski definition) is 5. The summed E-state index contributed by atoms with van der Waals surface area (Å²) in [6.45, 7) is 6.56. The van der Waals surface area contributed by atoms with Crippen molar-refractivity contribution in [1.29, 1.82) is 0 Å². The van der Waals surface area contributed by atoms with Crippen molar-refractivity contribution in [3.63, 3.8) is 0 Å². The van der Waals surface area contributed by atoms with Crippen LogP contribution in [0, 0.1) is 6.92 Å². The molecule has 0 unspecified atom stereocenters. The van der Waals surface area contributed by atoms with E-state index in [4.69, 9.17) is 5.73 Å². The molecule has 7 nitrogen and oxygen atoms in total. The first kappa shape index (κ1) is 29.9. The highest BCUT2D eigenvalue weighted by atomic mass is 16.2. The molecular formula is C32H43N5O2. The molecule has 3 aromatic rings. The monoisotopic (exact) mass is 529 g/mol. The van der Waals surface area contributed by atoms with E-state index in [1.54, 1.807) is 24.3 Å². The zero-order valence-corrected chi connectivity index (χ0v) is 23.1. The number of para-hydroxylation sites is 2. The van der Waals surface area contributed by atoms with Crippen LogP contribution in [0.3, 0.4) is 0 Å². The zero-order chi connectivity index (χ0) is 27.7. The molecule has 0 aromatic heterocycles. The van der Waals surface area contributed by atoms with E-state index in [0.717, 1.165) is 63.8 Å². The van der Waals surface area contributed by atoms with Gasteiger partial charge in [-0.25, -0.2) is 0 Å². The fraction of sp³-hybridized carbons (Fsp3) is 0.375. The normalized spacial score (nSPS) is 10.8. The maximum atomic E-state index is 12.4. The highest BCUT2D eigenvalue weighted by Gasteiger charge is 2.08. The Morgan fingerprint density at radius 1 is 0.692 bits per heavy atom. The Balaban J connectivity index is 1.15. The minimum atomic E-state index is -0.219. The molecule has 0 atom stereocenters. The van der Waals surface area contributed by atoms with Gasteiger partial charge in [0.05, 0.1) is 11.4 Å². The SMILES string of the molecule is Cc1ccc(CNCCCCNCCCCCC(=O)NCc2ccc(C(=O)Nc3ccccc3N)cc2)cc1. The van der Waals surface area contributed by atoms with Crippen molar-refractivity contribution in [2.45, 2.75) is 58.5 Å². The number of hydrogen-bond acceptors (Lipinski definition) is 5. The summed E-state index contributed by atoms with van der Waals surface area (Å²) in [7, 11) is 0. The number of anilines is 2. The van der Waals surface area contributed by atoms with Crippen LogP contribution in [-0.4, -0.2) is 31.4 Å². The lowest BCUT2D eigenvalue weighted by molar-refractivity contribution is -0.121. The van der Waals surface area contributed by atoms with Crippen LogP contribution < -0.4 is 27.0 Å². The number of aryl methyl sites for hydroxylation is 1. The molecule has 3 aromatic carbocycles. The number of amides is 2. The lowest BCUT2D eigenvalue weighted by Gasteiger charge is -2.09. The number of nitrogen functional groups attached to an aromatic ring is 1. The Kier molecular flexibility index (Phi) is 13.0. The van der Waals surface area contributed by atoms with Gasteiger partial charge in [-0.3, -0.25) is 9.59 Å². The first-order chi connectivity index (χ1) is 19.0. The van der Waals surface area contributed by atoms with Gasteiger partial charge in [0.25, 0.3) is 5.91 Å². The van der Waals surface area contributed by atoms with Crippen LogP contribution in [0.15, 0.2) is 72.8 Å². The quantitative estimate of drug-likeness (QED) is 0.123. The van der Waals surface area contributed by atoms with Crippen molar-refractivity contribution >= 4 is 23.2 Å². The van der Waals surface area contributed by atoms with E-state index < -0.39 is 0 Å². The number of nitrogens with two attached hydrogens (primary N) is 1. The second-order valence-electron chi connectivity index (χ2n) is 9.95. The second kappa shape index (κ2) is 17.0. The Bertz CT molecular complexity index is 1150. The van der Waals surface area contributed by atoms with Crippen molar-refractivity contribution in [2.75, 3.05) is 30.7 Å². The summed E-state index contributed by atoms with van der Waals surface area (Å²) in [6, 6.07) is 23.0. The molecule has 0 aliphatic rings. The lowest BCUT2D eigenvalue weighted by Crippen LogP contribution is -2.22. The molecule has 6 N–H and O–H groups in total. The smallest absolute Gasteiger partial charge is 0.255 e. The molecular weight excluding hydrogens is 486 g/mol. The third-order valence-electron chi connectivity index (χ3n) is 6.58. The average Bonchev–Trinajstić information content (AvgIpc) is 2.95. The summed E-state index contributed by atoms with van der Waals surface area (Å²) in [5.74, 6) is -0.161. The Morgan fingerprint density at radius 2 is 1.31 bits per heavy atom. The van der Waals surface area contributed by atoms with Crippen molar-refractivity contribution in [3.8, 4) is 0 Å². The Labute approximate surface area is 233 Å². The summed E-state index contributed by atoms with van der Waals surface area (Å²) < 4.78 is 0. The van der Waals surface area contributed by atoms with Crippen LogP contribution in [0.1, 0.15) is 65.6 Å². The molecule has 0 radical (unpaired) electrons. The predicted molar refractivity (Wildman–Crippen MR) is 161 cm³/mol. The van der Waals surface area contributed by atoms with Crippen molar-refractivity contribution < 1.29 is 9.59 Å². The molecule has 0 bridgehead atoms. The molecule has 0 aliphatic heterocycles. The summed E-state index contributed by atoms with van der Waals surface area (Å²) in [6.07, 6.45) is 5.86. The molecule has 0 fully saturated rings. The van der Waals surface area contributed by atoms with Gasteiger partial charge < -0.3 is 27.0 Å². The second-order valence-corrected chi connectivity index (χ2v) is 9.95. The van der Waals surface area contributed by atoms with Crippen molar-refractivity contribution in [2.24, 2.45) is 0 Å². The number of benzene rings is 3. The van der Waals surface area contributed by atoms with Gasteiger partial charge in [-0.05, 0) is 87.6 Å². The van der Waals surface area contributed by atoms with E-state index in [1.165, 1.54) is 11.1 Å². The fourth-order valence-corrected chi connectivity index (χ4v) is 4.14. The largest absolute Gasteiger partial charge is 0.397 e. The van der Waals surface area contributed by atoms with Gasteiger partial charge in [-0.2, -0.15) is 0 Å². The number of carbonyl (C=O) groups is 2. The van der Waals surface area contributed by atoms with E-state index in [-0.39, 0.29) is 11.8 Å². The molecule has 0 saturated heterocycles. The predicted octanol–water partition coefficient (Wildman–Crippen LogP) is 5.17. The summed E-state index contributed by atoms with van der Waals surface area (Å²) in [5, 5.41) is 12.8. The first-order valence-corrected chi connectivity index (χ1v) is 14.0. The molecule has 0 saturated carbocycles. The van der Waals surface area contributed by atoms with Gasteiger partial charge in [0.1, 0.15) is 0 Å². The van der Waals surface area contributed by atoms with Crippen LogP contribution in [0.2, 0.25) is 0 Å². The van der Waals surface area contributed by atoms with Crippen LogP contribution >= 0.6 is 0 Å². The van der Waals surface area contributed by atoms with E-state index in [2.05, 4.69) is 52.5 Å². The van der Waals surface area contributed by atoms with Crippen molar-refractivity contribution in [3.05, 3.63) is 95.1 Å². The summed E-state index contributed by atoms with van der Waals surface area (Å²) >= 11 is 0. The van der Waals surface area contributed by atoms with Gasteiger partial charge in [-0.15, -0.1) is 0 Å². The average molecular weight is 530 g/mol. The van der Waals surface area contributed by atoms with E-state index in [0.29, 0.717) is 29.9 Å². The van der Waals surface area contributed by atoms with E-state index in [1.807, 2.05) is 24.3 Å². The van der Waals surface area contributed by atoms with E-state index in [9.17, 15) is 9.59 Å². The molecule has 3 rings (SSSR count). The van der Waals surface area contributed by atoms with Gasteiger partial charge in [-0.1, -0.05) is 60.5 Å². The van der Waals surface area contributed by atoms with Crippen LogP contribution in [-0.2, 0) is 17.9 Å². The first-order valence-electron chi connectivity index (χ1n) is 14.0. The Morgan fingerprint density at radius 3 is 2.03 bits per heavy atom. The molecule has 39 heavy (non-hydrogen) atoms. The van der Waals surface area contributed by atoms with Gasteiger partial charge >= 0.3 is 0 Å².